The maximum atomic E-state index is 12.1. The molecule has 1 rings (SSSR count). The molecule has 0 saturated carbocycles. The summed E-state index contributed by atoms with van der Waals surface area (Å²) in [5.41, 5.74) is 4.73. The van der Waals surface area contributed by atoms with E-state index in [1.807, 2.05) is 0 Å². The number of nitrogens with zero attached hydrogens (tertiary/aromatic N) is 1. The quantitative estimate of drug-likeness (QED) is 0.864. The van der Waals surface area contributed by atoms with Gasteiger partial charge < -0.3 is 5.73 Å². The summed E-state index contributed by atoms with van der Waals surface area (Å²) < 4.78 is 36.8. The van der Waals surface area contributed by atoms with E-state index in [1.54, 1.807) is 0 Å². The molecule has 2 nitrogen and oxygen atoms in total. The Kier molecular flexibility index (Phi) is 4.83. The molecule has 0 aliphatic heterocycles. The van der Waals surface area contributed by atoms with Crippen molar-refractivity contribution in [2.24, 2.45) is 5.73 Å². The van der Waals surface area contributed by atoms with E-state index in [2.05, 4.69) is 20.9 Å². The second-order valence-corrected chi connectivity index (χ2v) is 3.34. The third-order valence-corrected chi connectivity index (χ3v) is 1.89. The van der Waals surface area contributed by atoms with Crippen LogP contribution in [-0.2, 0) is 0 Å². The molecule has 0 unspecified atom stereocenters. The predicted octanol–water partition coefficient (Wildman–Crippen LogP) is 2.83. The SMILES string of the molecule is Cl.N[C@@H](c1ccc(Br)cn1)C(F)(F)F. The lowest BCUT2D eigenvalue weighted by Crippen LogP contribution is -2.29. The van der Waals surface area contributed by atoms with E-state index in [0.29, 0.717) is 4.47 Å². The molecule has 2 N–H and O–H groups in total. The molecule has 14 heavy (non-hydrogen) atoms. The van der Waals surface area contributed by atoms with Crippen LogP contribution >= 0.6 is 28.3 Å². The van der Waals surface area contributed by atoms with Crippen molar-refractivity contribution < 1.29 is 13.2 Å². The van der Waals surface area contributed by atoms with Crippen LogP contribution in [-0.4, -0.2) is 11.2 Å². The molecule has 0 aliphatic carbocycles. The fourth-order valence-corrected chi connectivity index (χ4v) is 0.973. The second kappa shape index (κ2) is 4.95. The molecule has 0 spiro atoms. The van der Waals surface area contributed by atoms with Gasteiger partial charge in [0.05, 0.1) is 5.69 Å². The Morgan fingerprint density at radius 2 is 1.93 bits per heavy atom. The van der Waals surface area contributed by atoms with Crippen molar-refractivity contribution >= 4 is 28.3 Å². The number of rotatable bonds is 1. The normalized spacial score (nSPS) is 13.2. The van der Waals surface area contributed by atoms with Crippen LogP contribution in [0.25, 0.3) is 0 Å². The summed E-state index contributed by atoms with van der Waals surface area (Å²) in [4.78, 5) is 3.55. The van der Waals surface area contributed by atoms with E-state index in [9.17, 15) is 13.2 Å². The number of nitrogens with two attached hydrogens (primary N) is 1. The van der Waals surface area contributed by atoms with Gasteiger partial charge in [-0.05, 0) is 28.1 Å². The highest BCUT2D eigenvalue weighted by Gasteiger charge is 2.38. The molecule has 0 saturated heterocycles. The van der Waals surface area contributed by atoms with Gasteiger partial charge in [0, 0.05) is 10.7 Å². The molecule has 0 amide bonds. The highest BCUT2D eigenvalue weighted by atomic mass is 79.9. The lowest BCUT2D eigenvalue weighted by Gasteiger charge is -2.14. The van der Waals surface area contributed by atoms with Crippen LogP contribution in [0.3, 0.4) is 0 Å². The number of alkyl halides is 3. The Bertz CT molecular complexity index is 288. The minimum absolute atomic E-state index is 0. The van der Waals surface area contributed by atoms with Crippen LogP contribution in [0.1, 0.15) is 11.7 Å². The lowest BCUT2D eigenvalue weighted by molar-refractivity contribution is -0.150. The molecule has 0 radical (unpaired) electrons. The van der Waals surface area contributed by atoms with E-state index >= 15 is 0 Å². The topological polar surface area (TPSA) is 38.9 Å². The Morgan fingerprint density at radius 3 is 2.29 bits per heavy atom. The molecule has 0 aromatic carbocycles. The highest BCUT2D eigenvalue weighted by molar-refractivity contribution is 9.10. The number of halogens is 5. The van der Waals surface area contributed by atoms with Crippen LogP contribution in [0.5, 0.6) is 0 Å². The summed E-state index contributed by atoms with van der Waals surface area (Å²) in [5, 5.41) is 0. The first kappa shape index (κ1) is 13.7. The first-order valence-corrected chi connectivity index (χ1v) is 4.14. The van der Waals surface area contributed by atoms with Crippen molar-refractivity contribution in [3.63, 3.8) is 0 Å². The summed E-state index contributed by atoms with van der Waals surface area (Å²) in [5.74, 6) is 0. The van der Waals surface area contributed by atoms with Gasteiger partial charge in [-0.1, -0.05) is 0 Å². The summed E-state index contributed by atoms with van der Waals surface area (Å²) in [6, 6.07) is 0.691. The average molecular weight is 291 g/mol. The minimum atomic E-state index is -4.44. The molecule has 0 aliphatic rings. The summed E-state index contributed by atoms with van der Waals surface area (Å²) in [7, 11) is 0. The minimum Gasteiger partial charge on any atom is -0.315 e. The van der Waals surface area contributed by atoms with Crippen LogP contribution in [0.4, 0.5) is 13.2 Å². The van der Waals surface area contributed by atoms with Gasteiger partial charge in [0.1, 0.15) is 6.04 Å². The zero-order chi connectivity index (χ0) is 10.1. The molecule has 1 aromatic rings. The standard InChI is InChI=1S/C7H6BrF3N2.ClH/c8-4-1-2-5(13-3-4)6(12)7(9,10)11;/h1-3,6H,12H2;1H/t6-;/m0./s1. The van der Waals surface area contributed by atoms with Gasteiger partial charge in [0.2, 0.25) is 0 Å². The zero-order valence-electron chi connectivity index (χ0n) is 6.75. The fraction of sp³-hybridized carbons (Fsp3) is 0.286. The largest absolute Gasteiger partial charge is 0.409 e. The first-order valence-electron chi connectivity index (χ1n) is 3.35. The van der Waals surface area contributed by atoms with Gasteiger partial charge in [0.25, 0.3) is 0 Å². The molecule has 1 heterocycles. The van der Waals surface area contributed by atoms with Gasteiger partial charge in [-0.2, -0.15) is 13.2 Å². The maximum Gasteiger partial charge on any atom is 0.409 e. The second-order valence-electron chi connectivity index (χ2n) is 2.42. The van der Waals surface area contributed by atoms with Crippen molar-refractivity contribution in [2.45, 2.75) is 12.2 Å². The molecule has 7 heteroatoms. The van der Waals surface area contributed by atoms with E-state index in [4.69, 9.17) is 5.73 Å². The van der Waals surface area contributed by atoms with Gasteiger partial charge in [0.15, 0.2) is 0 Å². The average Bonchev–Trinajstić information content (AvgIpc) is 2.03. The third kappa shape index (κ3) is 3.43. The van der Waals surface area contributed by atoms with Gasteiger partial charge in [-0.15, -0.1) is 12.4 Å². The molecule has 0 bridgehead atoms. The summed E-state index contributed by atoms with van der Waals surface area (Å²) in [6.45, 7) is 0. The molecule has 1 aromatic heterocycles. The molecule has 1 atom stereocenters. The molecule has 0 fully saturated rings. The smallest absolute Gasteiger partial charge is 0.315 e. The summed E-state index contributed by atoms with van der Waals surface area (Å²) >= 11 is 3.06. The monoisotopic (exact) mass is 290 g/mol. The molecular formula is C7H7BrClF3N2. The van der Waals surface area contributed by atoms with Crippen molar-refractivity contribution in [1.82, 2.24) is 4.98 Å². The Labute approximate surface area is 93.2 Å². The van der Waals surface area contributed by atoms with Crippen molar-refractivity contribution in [2.75, 3.05) is 0 Å². The maximum absolute atomic E-state index is 12.1. The number of hydrogen-bond acceptors (Lipinski definition) is 2. The van der Waals surface area contributed by atoms with Crippen molar-refractivity contribution in [3.05, 3.63) is 28.5 Å². The van der Waals surface area contributed by atoms with Gasteiger partial charge in [-0.25, -0.2) is 0 Å². The van der Waals surface area contributed by atoms with Gasteiger partial charge >= 0.3 is 6.18 Å². The molecular weight excluding hydrogens is 284 g/mol. The van der Waals surface area contributed by atoms with Crippen LogP contribution in [0.2, 0.25) is 0 Å². The van der Waals surface area contributed by atoms with E-state index in [1.165, 1.54) is 18.3 Å². The fourth-order valence-electron chi connectivity index (χ4n) is 0.739. The number of pyridine rings is 1. The Hall–Kier alpha value is -0.330. The van der Waals surface area contributed by atoms with E-state index in [0.717, 1.165) is 0 Å². The third-order valence-electron chi connectivity index (χ3n) is 1.42. The molecule has 80 valence electrons. The Balaban J connectivity index is 0.00000169. The van der Waals surface area contributed by atoms with Crippen molar-refractivity contribution in [1.29, 1.82) is 0 Å². The zero-order valence-corrected chi connectivity index (χ0v) is 9.16. The van der Waals surface area contributed by atoms with Crippen LogP contribution in [0.15, 0.2) is 22.8 Å². The van der Waals surface area contributed by atoms with E-state index < -0.39 is 12.2 Å². The van der Waals surface area contributed by atoms with Crippen LogP contribution in [0, 0.1) is 0 Å². The first-order chi connectivity index (χ1) is 5.91. The number of hydrogen-bond donors (Lipinski definition) is 1. The number of aromatic nitrogens is 1. The predicted molar refractivity (Wildman–Crippen MR) is 52.2 cm³/mol. The highest BCUT2D eigenvalue weighted by Crippen LogP contribution is 2.29. The van der Waals surface area contributed by atoms with Crippen molar-refractivity contribution in [3.8, 4) is 0 Å². The summed E-state index contributed by atoms with van der Waals surface area (Å²) in [6.07, 6.45) is -3.16. The van der Waals surface area contributed by atoms with E-state index in [-0.39, 0.29) is 18.1 Å². The van der Waals surface area contributed by atoms with Crippen LogP contribution < -0.4 is 5.73 Å². The lowest BCUT2D eigenvalue weighted by atomic mass is 10.2. The Morgan fingerprint density at radius 1 is 1.36 bits per heavy atom. The van der Waals surface area contributed by atoms with Gasteiger partial charge in [-0.3, -0.25) is 4.98 Å².